The molecule has 2 aromatic heterocycles. The SMILES string of the molecule is CC(=O)O/N=C(/c1ccc2c(c1)c1cc([N+](=O)[O-])ccc1n2CCCCCCn1c2ccc(/C(=N/OC(C)=O)C(O)(c3ccccc3)P(=O)(c3ccccc3)c3ccccc3)cc2c2cc([N+](=O)[O-])ccc21)C(C)(C)N1CCOCC1. The van der Waals surface area contributed by atoms with E-state index < -0.39 is 39.8 Å². The van der Waals surface area contributed by atoms with Gasteiger partial charge in [0.2, 0.25) is 0 Å². The minimum atomic E-state index is -4.28. The van der Waals surface area contributed by atoms with Crippen LogP contribution in [0.1, 0.15) is 70.1 Å². The Hall–Kier alpha value is -8.67. The van der Waals surface area contributed by atoms with Gasteiger partial charge in [-0.15, -0.1) is 0 Å². The summed E-state index contributed by atoms with van der Waals surface area (Å²) in [4.78, 5) is 61.2. The molecule has 0 saturated carbocycles. The van der Waals surface area contributed by atoms with Gasteiger partial charge in [-0.05, 0) is 68.7 Å². The number of nitro groups is 2. The highest BCUT2D eigenvalue weighted by atomic mass is 31.2. The summed E-state index contributed by atoms with van der Waals surface area (Å²) in [7, 11) is -4.28. The molecule has 1 saturated heterocycles. The van der Waals surface area contributed by atoms with Crippen molar-refractivity contribution in [1.29, 1.82) is 0 Å². The molecule has 1 aliphatic rings. The Bertz CT molecular complexity index is 3940. The number of aromatic nitrogens is 2. The van der Waals surface area contributed by atoms with Gasteiger partial charge in [0.15, 0.2) is 12.5 Å². The van der Waals surface area contributed by atoms with Crippen molar-refractivity contribution in [2.45, 2.75) is 77.3 Å². The number of aliphatic hydroxyl groups is 1. The van der Waals surface area contributed by atoms with Crippen LogP contribution >= 0.6 is 7.14 Å². The molecule has 19 heteroatoms. The summed E-state index contributed by atoms with van der Waals surface area (Å²) >= 11 is 0. The molecule has 9 aromatic rings. The molecule has 0 radical (unpaired) electrons. The summed E-state index contributed by atoms with van der Waals surface area (Å²) in [6.45, 7) is 10.1. The first-order valence-electron chi connectivity index (χ1n) is 26.8. The van der Waals surface area contributed by atoms with Crippen LogP contribution in [0.25, 0.3) is 43.6 Å². The lowest BCUT2D eigenvalue weighted by Crippen LogP contribution is -2.54. The van der Waals surface area contributed by atoms with E-state index in [1.807, 2.05) is 38.1 Å². The van der Waals surface area contributed by atoms with Crippen LogP contribution in [0.4, 0.5) is 11.4 Å². The average Bonchev–Trinajstić information content (AvgIpc) is 4.18. The van der Waals surface area contributed by atoms with Crippen LogP contribution in [-0.2, 0) is 47.0 Å². The molecular weight excluding hydrogens is 1050 g/mol. The van der Waals surface area contributed by atoms with Gasteiger partial charge in [0.1, 0.15) is 11.4 Å². The van der Waals surface area contributed by atoms with Gasteiger partial charge >= 0.3 is 11.9 Å². The Balaban J connectivity index is 0.971. The number of carbonyl (C=O) groups is 2. The zero-order valence-corrected chi connectivity index (χ0v) is 46.2. The zero-order valence-electron chi connectivity index (χ0n) is 45.3. The van der Waals surface area contributed by atoms with Crippen molar-refractivity contribution in [2.24, 2.45) is 10.3 Å². The van der Waals surface area contributed by atoms with Crippen LogP contribution in [0.3, 0.4) is 0 Å². The van der Waals surface area contributed by atoms with Crippen LogP contribution in [-0.4, -0.2) is 84.2 Å². The standard InChI is InChI=1S/C62H60N7O11P/c1-42(70)79-63-59(61(3,4)65-34-36-78-37-35-65)44-24-28-55-51(38-44)53-40-47(68(73)74)26-30-57(53)66(55)32-16-5-6-17-33-67-56-29-25-45(39-52(56)54-41-48(69(75)76)27-31-58(54)67)60(64-80-43(2)71)62(72,46-18-10-7-11-19-46)81(77,49-20-12-8-13-21-49)50-22-14-9-15-23-50/h7-15,18-31,38-41,72H,5-6,16-17,32-37H2,1-4H3/b63-59-,64-60-. The number of benzene rings is 7. The fraction of sp³-hybridized carbons (Fsp3) is 0.258. The summed E-state index contributed by atoms with van der Waals surface area (Å²) in [5.41, 5.74) is 3.89. The molecule has 7 aromatic carbocycles. The van der Waals surface area contributed by atoms with Gasteiger partial charge in [0, 0.05) is 130 Å². The van der Waals surface area contributed by atoms with E-state index in [1.54, 1.807) is 121 Å². The monoisotopic (exact) mass is 1110 g/mol. The lowest BCUT2D eigenvalue weighted by Gasteiger charge is -2.41. The van der Waals surface area contributed by atoms with Crippen LogP contribution < -0.4 is 10.6 Å². The van der Waals surface area contributed by atoms with E-state index in [-0.39, 0.29) is 28.2 Å². The highest BCUT2D eigenvalue weighted by Gasteiger charge is 2.55. The lowest BCUT2D eigenvalue weighted by molar-refractivity contribution is -0.384. The molecule has 414 valence electrons. The average molecular weight is 1110 g/mol. The summed E-state index contributed by atoms with van der Waals surface area (Å²) in [5.74, 6) is -1.33. The van der Waals surface area contributed by atoms with Crippen molar-refractivity contribution < 1.29 is 43.5 Å². The predicted molar refractivity (Wildman–Crippen MR) is 314 cm³/mol. The molecule has 3 heterocycles. The van der Waals surface area contributed by atoms with Crippen molar-refractivity contribution in [1.82, 2.24) is 14.0 Å². The molecule has 1 unspecified atom stereocenters. The maximum absolute atomic E-state index is 16.5. The number of rotatable bonds is 20. The second kappa shape index (κ2) is 23.2. The maximum atomic E-state index is 16.5. The Morgan fingerprint density at radius 3 is 1.41 bits per heavy atom. The summed E-state index contributed by atoms with van der Waals surface area (Å²) in [6, 6.07) is 46.6. The molecule has 1 fully saturated rings. The molecule has 0 amide bonds. The minimum absolute atomic E-state index is 0.0357. The van der Waals surface area contributed by atoms with E-state index in [1.165, 1.54) is 32.0 Å². The minimum Gasteiger partial charge on any atom is -0.379 e. The molecule has 1 atom stereocenters. The number of nitrogens with zero attached hydrogens (tertiary/aromatic N) is 7. The first-order valence-corrected chi connectivity index (χ1v) is 28.5. The largest absolute Gasteiger partial charge is 0.379 e. The number of unbranched alkanes of at least 4 members (excludes halogenated alkanes) is 3. The summed E-state index contributed by atoms with van der Waals surface area (Å²) in [5, 5.41) is 47.8. The molecule has 1 aliphatic heterocycles. The second-order valence-electron chi connectivity index (χ2n) is 20.6. The van der Waals surface area contributed by atoms with E-state index in [9.17, 15) is 34.9 Å². The third-order valence-corrected chi connectivity index (χ3v) is 18.7. The number of oxime groups is 2. The number of hydrogen-bond donors (Lipinski definition) is 1. The summed E-state index contributed by atoms with van der Waals surface area (Å²) < 4.78 is 26.4. The Kier molecular flexibility index (Phi) is 15.9. The molecular formula is C62H60N7O11P. The third kappa shape index (κ3) is 10.7. The topological polar surface area (TPSA) is 223 Å². The van der Waals surface area contributed by atoms with Crippen molar-refractivity contribution >= 4 is 96.1 Å². The van der Waals surface area contributed by atoms with Crippen LogP contribution in [0, 0.1) is 20.2 Å². The van der Waals surface area contributed by atoms with E-state index in [2.05, 4.69) is 24.3 Å². The van der Waals surface area contributed by atoms with Gasteiger partial charge in [-0.25, -0.2) is 9.59 Å². The summed E-state index contributed by atoms with van der Waals surface area (Å²) in [6.07, 6.45) is 3.13. The molecule has 0 spiro atoms. The van der Waals surface area contributed by atoms with E-state index in [4.69, 9.17) is 14.4 Å². The smallest absolute Gasteiger partial charge is 0.331 e. The van der Waals surface area contributed by atoms with Gasteiger partial charge in [-0.2, -0.15) is 0 Å². The van der Waals surface area contributed by atoms with Crippen molar-refractivity contribution in [3.63, 3.8) is 0 Å². The van der Waals surface area contributed by atoms with Crippen LogP contribution in [0.5, 0.6) is 0 Å². The van der Waals surface area contributed by atoms with Crippen LogP contribution in [0.2, 0.25) is 0 Å². The number of ether oxygens (including phenoxy) is 1. The number of fused-ring (bicyclic) bond motifs is 6. The third-order valence-electron chi connectivity index (χ3n) is 15.3. The number of hydrogen-bond acceptors (Lipinski definition) is 14. The zero-order chi connectivity index (χ0) is 57.1. The molecule has 0 bridgehead atoms. The Morgan fingerprint density at radius 2 is 0.975 bits per heavy atom. The van der Waals surface area contributed by atoms with Crippen molar-refractivity contribution in [2.75, 3.05) is 26.3 Å². The van der Waals surface area contributed by atoms with Gasteiger partial charge in [0.05, 0.1) is 28.6 Å². The number of carbonyl (C=O) groups excluding carboxylic acids is 2. The van der Waals surface area contributed by atoms with E-state index in [0.717, 1.165) is 53.1 Å². The van der Waals surface area contributed by atoms with Gasteiger partial charge in [0.25, 0.3) is 11.4 Å². The van der Waals surface area contributed by atoms with Crippen LogP contribution in [0.15, 0.2) is 174 Å². The predicted octanol–water partition coefficient (Wildman–Crippen LogP) is 11.5. The number of aryl methyl sites for hydroxylation is 2. The molecule has 10 rings (SSSR count). The highest BCUT2D eigenvalue weighted by molar-refractivity contribution is 7.80. The van der Waals surface area contributed by atoms with E-state index >= 15 is 4.57 Å². The molecule has 1 N–H and O–H groups in total. The Morgan fingerprint density at radius 1 is 0.580 bits per heavy atom. The van der Waals surface area contributed by atoms with E-state index in [0.29, 0.717) is 77.4 Å². The fourth-order valence-corrected chi connectivity index (χ4v) is 14.6. The first kappa shape index (κ1) is 55.6. The highest BCUT2D eigenvalue weighted by Crippen LogP contribution is 2.61. The van der Waals surface area contributed by atoms with Gasteiger partial charge in [-0.1, -0.05) is 126 Å². The Labute approximate surface area is 466 Å². The van der Waals surface area contributed by atoms with Crippen molar-refractivity contribution in [3.05, 3.63) is 201 Å². The maximum Gasteiger partial charge on any atom is 0.331 e. The van der Waals surface area contributed by atoms with Gasteiger partial charge in [-0.3, -0.25) is 25.1 Å². The number of morpholine rings is 1. The van der Waals surface area contributed by atoms with Gasteiger partial charge < -0.3 is 33.2 Å². The first-order chi connectivity index (χ1) is 39.0. The number of nitro benzene ring substituents is 2. The quantitative estimate of drug-likeness (QED) is 0.0188. The molecule has 0 aliphatic carbocycles. The molecule has 81 heavy (non-hydrogen) atoms. The van der Waals surface area contributed by atoms with Crippen molar-refractivity contribution in [3.8, 4) is 0 Å². The second-order valence-corrected chi connectivity index (χ2v) is 23.5. The molecule has 18 nitrogen and oxygen atoms in total. The normalized spacial score (nSPS) is 14.6. The lowest BCUT2D eigenvalue weighted by atomic mass is 9.89. The fourth-order valence-electron chi connectivity index (χ4n) is 11.3. The number of non-ortho nitro benzene ring substituents is 2.